The minimum atomic E-state index is -0.0662. The molecule has 0 aliphatic heterocycles. The minimum Gasteiger partial charge on any atom is -0.348 e. The second-order valence-corrected chi connectivity index (χ2v) is 11.8. The zero-order valence-corrected chi connectivity index (χ0v) is 22.3. The van der Waals surface area contributed by atoms with Gasteiger partial charge in [0, 0.05) is 35.4 Å². The van der Waals surface area contributed by atoms with E-state index in [1.165, 1.54) is 0 Å². The zero-order valence-electron chi connectivity index (χ0n) is 22.3. The van der Waals surface area contributed by atoms with Crippen molar-refractivity contribution in [2.75, 3.05) is 0 Å². The monoisotopic (exact) mass is 479 g/mol. The van der Waals surface area contributed by atoms with Crippen molar-refractivity contribution in [3.63, 3.8) is 0 Å². The van der Waals surface area contributed by atoms with Gasteiger partial charge in [0.25, 0.3) is 5.91 Å². The lowest BCUT2D eigenvalue weighted by molar-refractivity contribution is 0.0916. The van der Waals surface area contributed by atoms with Crippen LogP contribution in [0.2, 0.25) is 0 Å². The molecule has 3 aromatic rings. The summed E-state index contributed by atoms with van der Waals surface area (Å²) in [6, 6.07) is 3.28. The predicted octanol–water partition coefficient (Wildman–Crippen LogP) is 5.01. The van der Waals surface area contributed by atoms with Gasteiger partial charge >= 0.3 is 0 Å². The molecule has 1 saturated carbocycles. The molecule has 0 saturated heterocycles. The molecule has 35 heavy (non-hydrogen) atoms. The van der Waals surface area contributed by atoms with E-state index in [9.17, 15) is 4.79 Å². The lowest BCUT2D eigenvalue weighted by atomic mass is 9.86. The molecule has 3 heterocycles. The van der Waals surface area contributed by atoms with Crippen LogP contribution in [0, 0.1) is 12.3 Å². The first-order chi connectivity index (χ1) is 16.5. The van der Waals surface area contributed by atoms with Crippen LogP contribution in [0.15, 0.2) is 18.6 Å². The van der Waals surface area contributed by atoms with Crippen LogP contribution in [0.1, 0.15) is 101 Å². The van der Waals surface area contributed by atoms with Crippen molar-refractivity contribution in [2.24, 2.45) is 5.41 Å². The van der Waals surface area contributed by atoms with E-state index in [1.54, 1.807) is 10.8 Å². The summed E-state index contributed by atoms with van der Waals surface area (Å²) < 4.78 is 1.76. The average Bonchev–Trinajstić information content (AvgIpc) is 3.41. The first-order valence-electron chi connectivity index (χ1n) is 13.0. The summed E-state index contributed by atoms with van der Waals surface area (Å²) in [5.74, 6) is 0.0732. The highest BCUT2D eigenvalue weighted by atomic mass is 16.2. The Balaban J connectivity index is 1.43. The summed E-state index contributed by atoms with van der Waals surface area (Å²) in [7, 11) is 0. The minimum absolute atomic E-state index is 0.0662. The van der Waals surface area contributed by atoms with Crippen LogP contribution < -0.4 is 10.6 Å². The van der Waals surface area contributed by atoms with Gasteiger partial charge in [-0.2, -0.15) is 10.2 Å². The predicted molar refractivity (Wildman–Crippen MR) is 140 cm³/mol. The Morgan fingerprint density at radius 3 is 2.51 bits per heavy atom. The molecule has 1 aliphatic rings. The lowest BCUT2D eigenvalue weighted by Gasteiger charge is -2.33. The molecule has 4 rings (SSSR count). The Hall–Kier alpha value is -2.74. The average molecular weight is 480 g/mol. The van der Waals surface area contributed by atoms with Crippen LogP contribution in [-0.4, -0.2) is 48.8 Å². The summed E-state index contributed by atoms with van der Waals surface area (Å²) in [4.78, 5) is 17.6. The lowest BCUT2D eigenvalue weighted by Crippen LogP contribution is -2.45. The van der Waals surface area contributed by atoms with Crippen molar-refractivity contribution in [3.05, 3.63) is 35.4 Å². The third-order valence-corrected chi connectivity index (χ3v) is 6.94. The fourth-order valence-electron chi connectivity index (χ4n) is 5.57. The number of pyridine rings is 1. The number of fused-ring (bicyclic) bond motifs is 1. The van der Waals surface area contributed by atoms with Crippen molar-refractivity contribution in [1.82, 2.24) is 35.4 Å². The highest BCUT2D eigenvalue weighted by Crippen LogP contribution is 2.31. The van der Waals surface area contributed by atoms with E-state index in [4.69, 9.17) is 0 Å². The summed E-state index contributed by atoms with van der Waals surface area (Å²) in [5, 5.41) is 19.0. The molecule has 1 aliphatic carbocycles. The Bertz CT molecular complexity index is 1160. The maximum Gasteiger partial charge on any atom is 0.269 e. The fourth-order valence-corrected chi connectivity index (χ4v) is 5.57. The number of aromatic nitrogens is 5. The SMILES string of the molecule is Cc1cc(-c2n[nH]c(C(=O)NC3CCC(NC(C)CC(C)(C)C)CC3)c2C(C)C)cn2ncnc12. The second-order valence-electron chi connectivity index (χ2n) is 11.8. The third kappa shape index (κ3) is 5.92. The van der Waals surface area contributed by atoms with Gasteiger partial charge in [-0.1, -0.05) is 34.6 Å². The van der Waals surface area contributed by atoms with Gasteiger partial charge in [-0.3, -0.25) is 9.89 Å². The first-order valence-corrected chi connectivity index (χ1v) is 13.0. The summed E-state index contributed by atoms with van der Waals surface area (Å²) >= 11 is 0. The van der Waals surface area contributed by atoms with Crippen LogP contribution in [-0.2, 0) is 0 Å². The normalized spacial score (nSPS) is 19.9. The van der Waals surface area contributed by atoms with Crippen LogP contribution in [0.25, 0.3) is 16.9 Å². The zero-order chi connectivity index (χ0) is 25.3. The van der Waals surface area contributed by atoms with Crippen molar-refractivity contribution in [3.8, 4) is 11.3 Å². The Morgan fingerprint density at radius 1 is 1.17 bits per heavy atom. The number of aryl methyl sites for hydroxylation is 1. The van der Waals surface area contributed by atoms with Gasteiger partial charge < -0.3 is 10.6 Å². The molecule has 1 fully saturated rings. The van der Waals surface area contributed by atoms with Crippen LogP contribution in [0.3, 0.4) is 0 Å². The number of hydrogen-bond acceptors (Lipinski definition) is 5. The molecule has 0 spiro atoms. The van der Waals surface area contributed by atoms with E-state index >= 15 is 0 Å². The highest BCUT2D eigenvalue weighted by molar-refractivity contribution is 5.96. The topological polar surface area (TPSA) is 100 Å². The van der Waals surface area contributed by atoms with Gasteiger partial charge in [-0.25, -0.2) is 9.50 Å². The number of carbonyl (C=O) groups excluding carboxylic acids is 1. The molecule has 1 amide bonds. The standard InChI is InChI=1S/C27H41N7O/c1-16(2)22-23(19-12-17(3)25-28-15-29-34(25)14-19)32-33-24(22)26(35)31-21-10-8-20(9-11-21)30-18(4)13-27(5,6)7/h12,14-16,18,20-21,30H,8-11,13H2,1-7H3,(H,31,35)(H,32,33). The number of nitrogens with one attached hydrogen (secondary N) is 3. The molecule has 1 unspecified atom stereocenters. The number of aromatic amines is 1. The number of amides is 1. The largest absolute Gasteiger partial charge is 0.348 e. The van der Waals surface area contributed by atoms with E-state index < -0.39 is 0 Å². The van der Waals surface area contributed by atoms with Crippen LogP contribution >= 0.6 is 0 Å². The summed E-state index contributed by atoms with van der Waals surface area (Å²) in [6.45, 7) is 15.4. The van der Waals surface area contributed by atoms with Crippen LogP contribution in [0.4, 0.5) is 0 Å². The Kier molecular flexibility index (Phi) is 7.31. The molecule has 190 valence electrons. The maximum atomic E-state index is 13.3. The van der Waals surface area contributed by atoms with E-state index in [-0.39, 0.29) is 17.9 Å². The molecule has 0 radical (unpaired) electrons. The molecular formula is C27H41N7O. The molecule has 0 aromatic carbocycles. The number of hydrogen-bond donors (Lipinski definition) is 3. The third-order valence-electron chi connectivity index (χ3n) is 6.94. The fraction of sp³-hybridized carbons (Fsp3) is 0.630. The molecule has 3 aromatic heterocycles. The van der Waals surface area contributed by atoms with Gasteiger partial charge in [0.1, 0.15) is 12.0 Å². The summed E-state index contributed by atoms with van der Waals surface area (Å²) in [6.07, 6.45) is 8.79. The van der Waals surface area contributed by atoms with E-state index in [0.29, 0.717) is 23.2 Å². The van der Waals surface area contributed by atoms with Crippen LogP contribution in [0.5, 0.6) is 0 Å². The highest BCUT2D eigenvalue weighted by Gasteiger charge is 2.28. The molecule has 1 atom stereocenters. The molecule has 0 bridgehead atoms. The first kappa shape index (κ1) is 25.4. The molecule has 8 nitrogen and oxygen atoms in total. The van der Waals surface area contributed by atoms with E-state index in [2.05, 4.69) is 78.5 Å². The van der Waals surface area contributed by atoms with Crippen molar-refractivity contribution in [1.29, 1.82) is 0 Å². The quantitative estimate of drug-likeness (QED) is 0.442. The number of nitrogens with zero attached hydrogens (tertiary/aromatic N) is 4. The van der Waals surface area contributed by atoms with Gasteiger partial charge in [0.05, 0.1) is 5.69 Å². The molecule has 8 heteroatoms. The number of rotatable bonds is 7. The molecule has 3 N–H and O–H groups in total. The number of carbonyl (C=O) groups is 1. The van der Waals surface area contributed by atoms with Gasteiger partial charge in [0.15, 0.2) is 5.65 Å². The van der Waals surface area contributed by atoms with E-state index in [0.717, 1.165) is 60.1 Å². The Morgan fingerprint density at radius 2 is 1.86 bits per heavy atom. The van der Waals surface area contributed by atoms with Gasteiger partial charge in [-0.15, -0.1) is 0 Å². The van der Waals surface area contributed by atoms with Gasteiger partial charge in [0.2, 0.25) is 0 Å². The number of H-pyrrole nitrogens is 1. The summed E-state index contributed by atoms with van der Waals surface area (Å²) in [5.41, 5.74) is 5.39. The van der Waals surface area contributed by atoms with E-state index in [1.807, 2.05) is 13.1 Å². The molecular weight excluding hydrogens is 438 g/mol. The second kappa shape index (κ2) is 10.1. The maximum absolute atomic E-state index is 13.3. The Labute approximate surface area is 208 Å². The van der Waals surface area contributed by atoms with Gasteiger partial charge in [-0.05, 0) is 68.9 Å². The van der Waals surface area contributed by atoms with Crippen molar-refractivity contribution < 1.29 is 4.79 Å². The smallest absolute Gasteiger partial charge is 0.269 e. The van der Waals surface area contributed by atoms with Crippen molar-refractivity contribution >= 4 is 11.6 Å². The van der Waals surface area contributed by atoms with Crippen molar-refractivity contribution in [2.45, 2.75) is 105 Å².